The SMILES string of the molecule is Cc1nc(C(=O)Nc2c(Cl)cccc2C(F)(F)F)n[nH]1. The molecular formula is C11H8ClF3N4O. The van der Waals surface area contributed by atoms with Crippen LogP contribution in [0.4, 0.5) is 18.9 Å². The van der Waals surface area contributed by atoms with Crippen LogP contribution in [0.1, 0.15) is 22.0 Å². The summed E-state index contributed by atoms with van der Waals surface area (Å²) < 4.78 is 38.5. The molecule has 106 valence electrons. The first-order valence-electron chi connectivity index (χ1n) is 5.35. The number of benzene rings is 1. The third-order valence-corrected chi connectivity index (χ3v) is 2.67. The van der Waals surface area contributed by atoms with Crippen molar-refractivity contribution in [1.82, 2.24) is 15.2 Å². The number of hydrogen-bond donors (Lipinski definition) is 2. The highest BCUT2D eigenvalue weighted by molar-refractivity contribution is 6.34. The van der Waals surface area contributed by atoms with Gasteiger partial charge >= 0.3 is 6.18 Å². The number of hydrogen-bond acceptors (Lipinski definition) is 3. The number of halogens is 4. The van der Waals surface area contributed by atoms with Crippen LogP contribution in [0.25, 0.3) is 0 Å². The van der Waals surface area contributed by atoms with Crippen LogP contribution in [0, 0.1) is 6.92 Å². The van der Waals surface area contributed by atoms with E-state index in [2.05, 4.69) is 20.5 Å². The molecule has 2 rings (SSSR count). The molecule has 0 atom stereocenters. The van der Waals surface area contributed by atoms with Crippen LogP contribution in [0.15, 0.2) is 18.2 Å². The maximum Gasteiger partial charge on any atom is 0.418 e. The molecule has 1 heterocycles. The van der Waals surface area contributed by atoms with Crippen LogP contribution in [0.3, 0.4) is 0 Å². The lowest BCUT2D eigenvalue weighted by molar-refractivity contribution is -0.136. The van der Waals surface area contributed by atoms with Crippen molar-refractivity contribution in [3.8, 4) is 0 Å². The van der Waals surface area contributed by atoms with Gasteiger partial charge in [-0.25, -0.2) is 4.98 Å². The lowest BCUT2D eigenvalue weighted by Gasteiger charge is -2.14. The fourth-order valence-electron chi connectivity index (χ4n) is 1.50. The van der Waals surface area contributed by atoms with Crippen molar-refractivity contribution in [2.45, 2.75) is 13.1 Å². The quantitative estimate of drug-likeness (QED) is 0.896. The number of carbonyl (C=O) groups is 1. The molecule has 0 saturated carbocycles. The van der Waals surface area contributed by atoms with Gasteiger partial charge in [0.05, 0.1) is 16.3 Å². The van der Waals surface area contributed by atoms with Crippen molar-refractivity contribution < 1.29 is 18.0 Å². The zero-order chi connectivity index (χ0) is 14.9. The number of anilines is 1. The van der Waals surface area contributed by atoms with Gasteiger partial charge < -0.3 is 5.32 Å². The Labute approximate surface area is 116 Å². The molecule has 5 nitrogen and oxygen atoms in total. The lowest BCUT2D eigenvalue weighted by Crippen LogP contribution is -2.18. The van der Waals surface area contributed by atoms with Crippen molar-refractivity contribution in [2.75, 3.05) is 5.32 Å². The van der Waals surface area contributed by atoms with Gasteiger partial charge in [-0.15, -0.1) is 5.10 Å². The first-order chi connectivity index (χ1) is 9.29. The van der Waals surface area contributed by atoms with E-state index < -0.39 is 23.3 Å². The van der Waals surface area contributed by atoms with Crippen molar-refractivity contribution in [2.24, 2.45) is 0 Å². The van der Waals surface area contributed by atoms with Gasteiger partial charge in [-0.05, 0) is 19.1 Å². The third kappa shape index (κ3) is 2.90. The van der Waals surface area contributed by atoms with Gasteiger partial charge in [0.2, 0.25) is 5.82 Å². The first kappa shape index (κ1) is 14.3. The van der Waals surface area contributed by atoms with Crippen LogP contribution in [-0.4, -0.2) is 21.1 Å². The molecule has 0 unspecified atom stereocenters. The van der Waals surface area contributed by atoms with E-state index in [1.165, 1.54) is 6.07 Å². The summed E-state index contributed by atoms with van der Waals surface area (Å²) in [7, 11) is 0. The average Bonchev–Trinajstić information content (AvgIpc) is 2.77. The van der Waals surface area contributed by atoms with E-state index in [9.17, 15) is 18.0 Å². The Balaban J connectivity index is 2.36. The number of nitrogens with zero attached hydrogens (tertiary/aromatic N) is 2. The number of aryl methyl sites for hydroxylation is 1. The fraction of sp³-hybridized carbons (Fsp3) is 0.182. The molecule has 1 aromatic heterocycles. The summed E-state index contributed by atoms with van der Waals surface area (Å²) in [6, 6.07) is 3.22. The Morgan fingerprint density at radius 1 is 1.40 bits per heavy atom. The number of H-pyrrole nitrogens is 1. The second-order valence-corrected chi connectivity index (χ2v) is 4.27. The van der Waals surface area contributed by atoms with Crippen LogP contribution >= 0.6 is 11.6 Å². The smallest absolute Gasteiger partial charge is 0.317 e. The summed E-state index contributed by atoms with van der Waals surface area (Å²) in [6.45, 7) is 1.56. The number of aromatic nitrogens is 3. The zero-order valence-electron chi connectivity index (χ0n) is 10.0. The molecule has 0 radical (unpaired) electrons. The fourth-order valence-corrected chi connectivity index (χ4v) is 1.72. The van der Waals surface area contributed by atoms with Gasteiger partial charge in [0.15, 0.2) is 0 Å². The average molecular weight is 305 g/mol. The van der Waals surface area contributed by atoms with Crippen LogP contribution in [0.5, 0.6) is 0 Å². The summed E-state index contributed by atoms with van der Waals surface area (Å²) >= 11 is 5.71. The minimum Gasteiger partial charge on any atom is -0.317 e. The highest BCUT2D eigenvalue weighted by Gasteiger charge is 2.35. The largest absolute Gasteiger partial charge is 0.418 e. The molecule has 20 heavy (non-hydrogen) atoms. The topological polar surface area (TPSA) is 70.7 Å². The van der Waals surface area contributed by atoms with E-state index in [0.29, 0.717) is 5.82 Å². The number of rotatable bonds is 2. The molecule has 2 N–H and O–H groups in total. The molecule has 1 amide bonds. The minimum atomic E-state index is -4.64. The third-order valence-electron chi connectivity index (χ3n) is 2.36. The predicted octanol–water partition coefficient (Wildman–Crippen LogP) is 3.04. The summed E-state index contributed by atoms with van der Waals surface area (Å²) in [6.07, 6.45) is -4.64. The van der Waals surface area contributed by atoms with E-state index in [0.717, 1.165) is 12.1 Å². The Bertz CT molecular complexity index is 653. The molecule has 2 aromatic rings. The van der Waals surface area contributed by atoms with Gasteiger partial charge in [0.25, 0.3) is 5.91 Å². The Kier molecular flexibility index (Phi) is 3.67. The molecule has 0 saturated heterocycles. The predicted molar refractivity (Wildman–Crippen MR) is 65.5 cm³/mol. The second-order valence-electron chi connectivity index (χ2n) is 3.86. The number of aromatic amines is 1. The van der Waals surface area contributed by atoms with E-state index in [-0.39, 0.29) is 10.8 Å². The maximum atomic E-state index is 12.8. The standard InChI is InChI=1S/C11H8ClF3N4O/c1-5-16-9(19-18-5)10(20)17-8-6(11(13,14)15)3-2-4-7(8)12/h2-4H,1H3,(H,17,20)(H,16,18,19). The number of para-hydroxylation sites is 1. The van der Waals surface area contributed by atoms with Gasteiger partial charge in [-0.3, -0.25) is 9.89 Å². The number of nitrogens with one attached hydrogen (secondary N) is 2. The van der Waals surface area contributed by atoms with Crippen molar-refractivity contribution >= 4 is 23.2 Å². The van der Waals surface area contributed by atoms with Crippen molar-refractivity contribution in [3.05, 3.63) is 40.4 Å². The van der Waals surface area contributed by atoms with Crippen LogP contribution < -0.4 is 5.32 Å². The Hall–Kier alpha value is -2.09. The molecule has 0 fully saturated rings. The normalized spacial score (nSPS) is 11.4. The molecule has 0 aliphatic carbocycles. The molecule has 1 aromatic carbocycles. The highest BCUT2D eigenvalue weighted by atomic mass is 35.5. The number of amides is 1. The summed E-state index contributed by atoms with van der Waals surface area (Å²) in [5, 5.41) is 7.84. The molecule has 0 aliphatic rings. The number of alkyl halides is 3. The van der Waals surface area contributed by atoms with Crippen molar-refractivity contribution in [3.63, 3.8) is 0 Å². The van der Waals surface area contributed by atoms with Gasteiger partial charge in [-0.1, -0.05) is 17.7 Å². The molecule has 0 bridgehead atoms. The second kappa shape index (κ2) is 5.12. The Morgan fingerprint density at radius 2 is 2.10 bits per heavy atom. The minimum absolute atomic E-state index is 0.222. The summed E-state index contributed by atoms with van der Waals surface area (Å²) in [4.78, 5) is 15.5. The molecule has 0 aliphatic heterocycles. The van der Waals surface area contributed by atoms with E-state index in [1.54, 1.807) is 6.92 Å². The summed E-state index contributed by atoms with van der Waals surface area (Å²) in [5.74, 6) is -0.783. The van der Waals surface area contributed by atoms with E-state index >= 15 is 0 Å². The van der Waals surface area contributed by atoms with Crippen molar-refractivity contribution in [1.29, 1.82) is 0 Å². The van der Waals surface area contributed by atoms with Gasteiger partial charge in [0, 0.05) is 0 Å². The zero-order valence-corrected chi connectivity index (χ0v) is 10.8. The van der Waals surface area contributed by atoms with Gasteiger partial charge in [0.1, 0.15) is 5.82 Å². The highest BCUT2D eigenvalue weighted by Crippen LogP contribution is 2.38. The number of carbonyl (C=O) groups excluding carboxylic acids is 1. The maximum absolute atomic E-state index is 12.8. The van der Waals surface area contributed by atoms with E-state index in [4.69, 9.17) is 11.6 Å². The van der Waals surface area contributed by atoms with Crippen LogP contribution in [0.2, 0.25) is 5.02 Å². The lowest BCUT2D eigenvalue weighted by atomic mass is 10.1. The van der Waals surface area contributed by atoms with Gasteiger partial charge in [-0.2, -0.15) is 13.2 Å². The van der Waals surface area contributed by atoms with E-state index in [1.807, 2.05) is 0 Å². The Morgan fingerprint density at radius 3 is 2.65 bits per heavy atom. The van der Waals surface area contributed by atoms with Crippen LogP contribution in [-0.2, 0) is 6.18 Å². The summed E-state index contributed by atoms with van der Waals surface area (Å²) in [5.41, 5.74) is -1.56. The first-order valence-corrected chi connectivity index (χ1v) is 5.73. The molecular weight excluding hydrogens is 297 g/mol. The monoisotopic (exact) mass is 304 g/mol. The molecule has 9 heteroatoms. The molecule has 0 spiro atoms.